The number of amides is 3. The second-order valence-electron chi connectivity index (χ2n) is 7.64. The first-order valence-electron chi connectivity index (χ1n) is 10.6. The van der Waals surface area contributed by atoms with Crippen LogP contribution in [0.4, 0.5) is 4.79 Å². The maximum atomic E-state index is 13.1. The molecule has 0 aromatic heterocycles. The number of carbonyl (C=O) groups is 2. The normalized spacial score (nSPS) is 15.8. The molecule has 160 valence electrons. The molecule has 2 N–H and O–H groups in total. The molecule has 1 saturated heterocycles. The molecule has 30 heavy (non-hydrogen) atoms. The van der Waals surface area contributed by atoms with Gasteiger partial charge >= 0.3 is 6.03 Å². The minimum absolute atomic E-state index is 0.0301. The number of nitrogens with zero attached hydrogens (tertiary/aromatic N) is 1. The van der Waals surface area contributed by atoms with Gasteiger partial charge in [0.2, 0.25) is 5.91 Å². The Balaban J connectivity index is 1.50. The van der Waals surface area contributed by atoms with E-state index in [9.17, 15) is 9.59 Å². The van der Waals surface area contributed by atoms with Crippen LogP contribution in [-0.2, 0) is 9.53 Å². The van der Waals surface area contributed by atoms with Gasteiger partial charge in [0, 0.05) is 26.2 Å². The number of morpholine rings is 1. The standard InChI is InChI=1S/C24H31N3O3/c1-19(20-8-4-2-5-9-20)12-13-25-24(29)26-18-22(21-10-6-3-7-11-21)23(28)27-14-16-30-17-15-27/h2-11,19,22H,12-18H2,1H3,(H2,25,26,29). The Bertz CT molecular complexity index is 792. The molecule has 0 saturated carbocycles. The summed E-state index contributed by atoms with van der Waals surface area (Å²) in [5.41, 5.74) is 2.17. The van der Waals surface area contributed by atoms with Crippen molar-refractivity contribution in [2.24, 2.45) is 0 Å². The fraction of sp³-hybridized carbons (Fsp3) is 0.417. The van der Waals surface area contributed by atoms with Gasteiger partial charge in [-0.05, 0) is 23.5 Å². The molecule has 0 bridgehead atoms. The van der Waals surface area contributed by atoms with Gasteiger partial charge in [0.05, 0.1) is 19.1 Å². The number of hydrogen-bond donors (Lipinski definition) is 2. The van der Waals surface area contributed by atoms with Gasteiger partial charge in [-0.25, -0.2) is 4.79 Å². The van der Waals surface area contributed by atoms with Crippen molar-refractivity contribution in [3.05, 3.63) is 71.8 Å². The summed E-state index contributed by atoms with van der Waals surface area (Å²) < 4.78 is 5.36. The molecule has 2 aromatic rings. The molecule has 0 spiro atoms. The van der Waals surface area contributed by atoms with Gasteiger partial charge in [-0.3, -0.25) is 4.79 Å². The van der Waals surface area contributed by atoms with E-state index in [2.05, 4.69) is 29.7 Å². The zero-order chi connectivity index (χ0) is 21.2. The van der Waals surface area contributed by atoms with Crippen LogP contribution in [0.5, 0.6) is 0 Å². The van der Waals surface area contributed by atoms with Crippen LogP contribution in [-0.4, -0.2) is 56.2 Å². The minimum Gasteiger partial charge on any atom is -0.378 e. The molecule has 3 amide bonds. The van der Waals surface area contributed by atoms with Crippen LogP contribution in [0.3, 0.4) is 0 Å². The van der Waals surface area contributed by atoms with Gasteiger partial charge in [0.1, 0.15) is 0 Å². The van der Waals surface area contributed by atoms with Gasteiger partial charge in [-0.1, -0.05) is 67.6 Å². The molecule has 1 aliphatic rings. The fourth-order valence-electron chi connectivity index (χ4n) is 3.64. The number of rotatable bonds is 8. The van der Waals surface area contributed by atoms with E-state index in [0.29, 0.717) is 38.8 Å². The molecular formula is C24H31N3O3. The Morgan fingerprint density at radius 3 is 2.17 bits per heavy atom. The van der Waals surface area contributed by atoms with E-state index >= 15 is 0 Å². The third-order valence-electron chi connectivity index (χ3n) is 5.52. The molecule has 3 rings (SSSR count). The van der Waals surface area contributed by atoms with Gasteiger partial charge in [-0.2, -0.15) is 0 Å². The lowest BCUT2D eigenvalue weighted by Crippen LogP contribution is -2.46. The Kier molecular flexibility index (Phi) is 8.27. The van der Waals surface area contributed by atoms with Crippen molar-refractivity contribution in [3.8, 4) is 0 Å². The van der Waals surface area contributed by atoms with Gasteiger partial charge in [0.15, 0.2) is 0 Å². The van der Waals surface area contributed by atoms with E-state index in [1.165, 1.54) is 5.56 Å². The summed E-state index contributed by atoms with van der Waals surface area (Å²) in [4.78, 5) is 27.2. The Morgan fingerprint density at radius 1 is 0.933 bits per heavy atom. The van der Waals surface area contributed by atoms with Crippen molar-refractivity contribution in [1.82, 2.24) is 15.5 Å². The number of hydrogen-bond acceptors (Lipinski definition) is 3. The zero-order valence-electron chi connectivity index (χ0n) is 17.5. The quantitative estimate of drug-likeness (QED) is 0.704. The first-order chi connectivity index (χ1) is 14.6. The highest BCUT2D eigenvalue weighted by molar-refractivity contribution is 5.85. The summed E-state index contributed by atoms with van der Waals surface area (Å²) in [6.07, 6.45) is 0.853. The summed E-state index contributed by atoms with van der Waals surface area (Å²) in [6, 6.07) is 19.7. The lowest BCUT2D eigenvalue weighted by molar-refractivity contribution is -0.136. The molecule has 2 atom stereocenters. The molecule has 1 fully saturated rings. The topological polar surface area (TPSA) is 70.7 Å². The number of ether oxygens (including phenoxy) is 1. The van der Waals surface area contributed by atoms with Gasteiger partial charge < -0.3 is 20.3 Å². The summed E-state index contributed by atoms with van der Waals surface area (Å²) in [5, 5.41) is 5.80. The van der Waals surface area contributed by atoms with E-state index in [1.807, 2.05) is 53.4 Å². The van der Waals surface area contributed by atoms with Crippen LogP contribution in [0.15, 0.2) is 60.7 Å². The minimum atomic E-state index is -0.404. The third kappa shape index (κ3) is 6.32. The molecule has 2 aromatic carbocycles. The van der Waals surface area contributed by atoms with E-state index in [4.69, 9.17) is 4.74 Å². The van der Waals surface area contributed by atoms with Crippen molar-refractivity contribution < 1.29 is 14.3 Å². The predicted octanol–water partition coefficient (Wildman–Crippen LogP) is 3.12. The predicted molar refractivity (Wildman–Crippen MR) is 117 cm³/mol. The monoisotopic (exact) mass is 409 g/mol. The zero-order valence-corrected chi connectivity index (χ0v) is 17.5. The van der Waals surface area contributed by atoms with Crippen LogP contribution in [0, 0.1) is 0 Å². The van der Waals surface area contributed by atoms with Crippen LogP contribution in [0.1, 0.15) is 36.3 Å². The maximum absolute atomic E-state index is 13.1. The Labute approximate surface area is 178 Å². The average Bonchev–Trinajstić information content (AvgIpc) is 2.81. The van der Waals surface area contributed by atoms with Crippen LogP contribution in [0.25, 0.3) is 0 Å². The number of nitrogens with one attached hydrogen (secondary N) is 2. The van der Waals surface area contributed by atoms with Crippen molar-refractivity contribution in [1.29, 1.82) is 0 Å². The lowest BCUT2D eigenvalue weighted by atomic mass is 9.97. The third-order valence-corrected chi connectivity index (χ3v) is 5.52. The fourth-order valence-corrected chi connectivity index (χ4v) is 3.64. The van der Waals surface area contributed by atoms with Crippen LogP contribution >= 0.6 is 0 Å². The second kappa shape index (κ2) is 11.4. The summed E-state index contributed by atoms with van der Waals surface area (Å²) in [7, 11) is 0. The van der Waals surface area contributed by atoms with E-state index in [1.54, 1.807) is 0 Å². The van der Waals surface area contributed by atoms with Gasteiger partial charge in [-0.15, -0.1) is 0 Å². The molecular weight excluding hydrogens is 378 g/mol. The smallest absolute Gasteiger partial charge is 0.314 e. The first-order valence-corrected chi connectivity index (χ1v) is 10.6. The van der Waals surface area contributed by atoms with Crippen LogP contribution in [0.2, 0.25) is 0 Å². The van der Waals surface area contributed by atoms with Crippen LogP contribution < -0.4 is 10.6 Å². The van der Waals surface area contributed by atoms with Gasteiger partial charge in [0.25, 0.3) is 0 Å². The number of carbonyl (C=O) groups excluding carboxylic acids is 2. The highest BCUT2D eigenvalue weighted by Crippen LogP contribution is 2.19. The summed E-state index contributed by atoms with van der Waals surface area (Å²) >= 11 is 0. The Morgan fingerprint density at radius 2 is 1.53 bits per heavy atom. The summed E-state index contributed by atoms with van der Waals surface area (Å²) in [6.45, 7) is 5.29. The highest BCUT2D eigenvalue weighted by Gasteiger charge is 2.27. The summed E-state index contributed by atoms with van der Waals surface area (Å²) in [5.74, 6) is -0.00717. The van der Waals surface area contributed by atoms with Crippen molar-refractivity contribution in [2.45, 2.75) is 25.2 Å². The van der Waals surface area contributed by atoms with E-state index in [-0.39, 0.29) is 18.5 Å². The largest absolute Gasteiger partial charge is 0.378 e. The molecule has 1 aliphatic heterocycles. The van der Waals surface area contributed by atoms with E-state index in [0.717, 1.165) is 12.0 Å². The van der Waals surface area contributed by atoms with Crippen molar-refractivity contribution in [3.63, 3.8) is 0 Å². The highest BCUT2D eigenvalue weighted by atomic mass is 16.5. The molecule has 1 heterocycles. The first kappa shape index (κ1) is 21.8. The van der Waals surface area contributed by atoms with Crippen molar-refractivity contribution in [2.75, 3.05) is 39.4 Å². The number of benzene rings is 2. The Hall–Kier alpha value is -2.86. The molecule has 0 radical (unpaired) electrons. The molecule has 0 aliphatic carbocycles. The number of urea groups is 1. The maximum Gasteiger partial charge on any atom is 0.314 e. The molecule has 6 nitrogen and oxygen atoms in total. The molecule has 6 heteroatoms. The SMILES string of the molecule is CC(CCNC(=O)NCC(C(=O)N1CCOCC1)c1ccccc1)c1ccccc1. The second-order valence-corrected chi connectivity index (χ2v) is 7.64. The van der Waals surface area contributed by atoms with E-state index < -0.39 is 5.92 Å². The van der Waals surface area contributed by atoms with Crippen molar-refractivity contribution >= 4 is 11.9 Å². The average molecular weight is 410 g/mol. The molecule has 2 unspecified atom stereocenters. The lowest BCUT2D eigenvalue weighted by Gasteiger charge is -2.30.